The van der Waals surface area contributed by atoms with Crippen molar-refractivity contribution in [3.8, 4) is 0 Å². The van der Waals surface area contributed by atoms with Gasteiger partial charge in [0.15, 0.2) is 17.3 Å². The van der Waals surface area contributed by atoms with Gasteiger partial charge in [-0.05, 0) is 12.8 Å². The van der Waals surface area contributed by atoms with Crippen molar-refractivity contribution in [3.63, 3.8) is 0 Å². The molecule has 1 aliphatic carbocycles. The first-order chi connectivity index (χ1) is 8.62. The number of alkyl halides is 10. The number of rotatable bonds is 2. The molecule has 0 aromatic heterocycles. The highest BCUT2D eigenvalue weighted by Crippen LogP contribution is 2.77. The average molecular weight is 485 g/mol. The lowest BCUT2D eigenvalue weighted by molar-refractivity contribution is 0.228. The second kappa shape index (κ2) is 5.72. The number of hydrogen-bond donors (Lipinski definition) is 0. The van der Waals surface area contributed by atoms with Crippen LogP contribution in [0.5, 0.6) is 0 Å². The summed E-state index contributed by atoms with van der Waals surface area (Å²) in [5.74, 6) is 0. The summed E-state index contributed by atoms with van der Waals surface area (Å²) in [5.41, 5.74) is 0. The summed E-state index contributed by atoms with van der Waals surface area (Å²) in [7, 11) is 0. The molecule has 20 heavy (non-hydrogen) atoms. The van der Waals surface area contributed by atoms with E-state index in [-0.39, 0.29) is 12.8 Å². The van der Waals surface area contributed by atoms with Gasteiger partial charge in [0.25, 0.3) is 0 Å². The van der Waals surface area contributed by atoms with Gasteiger partial charge < -0.3 is 0 Å². The van der Waals surface area contributed by atoms with Crippen molar-refractivity contribution in [3.05, 3.63) is 0 Å². The zero-order valence-electron chi connectivity index (χ0n) is 10.2. The first kappa shape index (κ1) is 20.9. The van der Waals surface area contributed by atoms with Crippen molar-refractivity contribution in [2.24, 2.45) is 0 Å². The molecule has 10 heteroatoms. The van der Waals surface area contributed by atoms with Crippen LogP contribution >= 0.6 is 116 Å². The average Bonchev–Trinajstić information content (AvgIpc) is 2.34. The van der Waals surface area contributed by atoms with E-state index in [1.54, 1.807) is 13.8 Å². The van der Waals surface area contributed by atoms with E-state index in [1.807, 2.05) is 0 Å². The Morgan fingerprint density at radius 2 is 0.650 bits per heavy atom. The van der Waals surface area contributed by atoms with Gasteiger partial charge in [-0.25, -0.2) is 0 Å². The normalized spacial score (nSPS) is 41.4. The van der Waals surface area contributed by atoms with Crippen molar-refractivity contribution in [1.29, 1.82) is 0 Å². The molecule has 0 radical (unpaired) electrons. The maximum Gasteiger partial charge on any atom is 0.188 e. The fourth-order valence-electron chi connectivity index (χ4n) is 2.39. The molecule has 2 unspecified atom stereocenters. The van der Waals surface area contributed by atoms with E-state index in [2.05, 4.69) is 0 Å². The maximum atomic E-state index is 6.60. The van der Waals surface area contributed by atoms with Crippen LogP contribution in [0, 0.1) is 0 Å². The van der Waals surface area contributed by atoms with Crippen LogP contribution in [0.15, 0.2) is 0 Å². The maximum absolute atomic E-state index is 6.60. The van der Waals surface area contributed by atoms with Gasteiger partial charge in [-0.15, -0.1) is 23.2 Å². The Balaban J connectivity index is 3.82. The van der Waals surface area contributed by atoms with Crippen molar-refractivity contribution in [1.82, 2.24) is 0 Å². The van der Waals surface area contributed by atoms with Crippen molar-refractivity contribution >= 4 is 116 Å². The molecule has 120 valence electrons. The van der Waals surface area contributed by atoms with Gasteiger partial charge in [0.05, 0.1) is 0 Å². The van der Waals surface area contributed by atoms with Crippen LogP contribution in [-0.2, 0) is 0 Å². The molecule has 1 rings (SSSR count). The summed E-state index contributed by atoms with van der Waals surface area (Å²) in [5, 5.41) is 0. The molecule has 0 bridgehead atoms. The zero-order chi connectivity index (χ0) is 16.4. The smallest absolute Gasteiger partial charge is 0.114 e. The Morgan fingerprint density at radius 3 is 0.800 bits per heavy atom. The SMILES string of the molecule is CCC1(Cl)C(Cl)(Cl)C(Cl)(Cl)C(Cl)(Cl)C(Cl)(Cl)C1(Cl)CC. The van der Waals surface area contributed by atoms with Gasteiger partial charge in [0.1, 0.15) is 9.75 Å². The van der Waals surface area contributed by atoms with Crippen molar-refractivity contribution in [2.45, 2.75) is 53.8 Å². The molecule has 0 aromatic carbocycles. The zero-order valence-corrected chi connectivity index (χ0v) is 17.8. The molecule has 0 saturated heterocycles. The van der Waals surface area contributed by atoms with Gasteiger partial charge in [-0.2, -0.15) is 0 Å². The van der Waals surface area contributed by atoms with E-state index in [4.69, 9.17) is 116 Å². The summed E-state index contributed by atoms with van der Waals surface area (Å²) >= 11 is 63.4. The van der Waals surface area contributed by atoms with E-state index in [9.17, 15) is 0 Å². The Hall–Kier alpha value is 2.90. The fraction of sp³-hybridized carbons (Fsp3) is 1.00. The molecular formula is C10H10Cl10. The molecule has 0 aromatic rings. The minimum Gasteiger partial charge on any atom is -0.114 e. The van der Waals surface area contributed by atoms with Crippen molar-refractivity contribution in [2.75, 3.05) is 0 Å². The fourth-order valence-corrected chi connectivity index (χ4v) is 6.96. The minimum atomic E-state index is -2.18. The van der Waals surface area contributed by atoms with Crippen molar-refractivity contribution < 1.29 is 0 Å². The van der Waals surface area contributed by atoms with Crippen LogP contribution < -0.4 is 0 Å². The van der Waals surface area contributed by atoms with Crippen LogP contribution in [0.3, 0.4) is 0 Å². The standard InChI is InChI=1S/C10H10Cl10/c1-3-5(11)6(12,4-2)8(15,16)10(19,20)9(17,18)7(5,13)14/h3-4H2,1-2H3. The molecule has 2 atom stereocenters. The largest absolute Gasteiger partial charge is 0.188 e. The predicted octanol–water partition coefficient (Wildman–Crippen LogP) is 7.47. The predicted molar refractivity (Wildman–Crippen MR) is 95.5 cm³/mol. The topological polar surface area (TPSA) is 0 Å². The molecule has 0 aliphatic heterocycles. The van der Waals surface area contributed by atoms with Crippen LogP contribution in [0.4, 0.5) is 0 Å². The molecule has 0 nitrogen and oxygen atoms in total. The molecule has 0 N–H and O–H groups in total. The number of halogens is 10. The van der Waals surface area contributed by atoms with Crippen LogP contribution in [0.2, 0.25) is 0 Å². The highest BCUT2D eigenvalue weighted by atomic mass is 35.6. The van der Waals surface area contributed by atoms with E-state index in [0.29, 0.717) is 0 Å². The molecular weight excluding hydrogens is 475 g/mol. The summed E-state index contributed by atoms with van der Waals surface area (Å²) < 4.78 is -8.40. The quantitative estimate of drug-likeness (QED) is 0.357. The Morgan fingerprint density at radius 1 is 0.450 bits per heavy atom. The lowest BCUT2D eigenvalue weighted by Gasteiger charge is -2.65. The summed E-state index contributed by atoms with van der Waals surface area (Å²) in [6.45, 7) is 3.39. The summed E-state index contributed by atoms with van der Waals surface area (Å²) in [4.78, 5) is -3.17. The molecule has 1 aliphatic rings. The van der Waals surface area contributed by atoms with Gasteiger partial charge in [-0.3, -0.25) is 0 Å². The van der Waals surface area contributed by atoms with Crippen LogP contribution in [-0.4, -0.2) is 27.1 Å². The van der Waals surface area contributed by atoms with Gasteiger partial charge in [0.2, 0.25) is 0 Å². The summed E-state index contributed by atoms with van der Waals surface area (Å²) in [6, 6.07) is 0. The summed E-state index contributed by atoms with van der Waals surface area (Å²) in [6.07, 6.45) is 0.344. The molecule has 0 heterocycles. The van der Waals surface area contributed by atoms with E-state index < -0.39 is 27.1 Å². The highest BCUT2D eigenvalue weighted by molar-refractivity contribution is 6.77. The molecule has 1 fully saturated rings. The van der Waals surface area contributed by atoms with E-state index in [0.717, 1.165) is 0 Å². The highest BCUT2D eigenvalue weighted by Gasteiger charge is 2.86. The minimum absolute atomic E-state index is 0.172. The Bertz CT molecular complexity index is 365. The third-order valence-corrected chi connectivity index (χ3v) is 11.9. The third-order valence-electron chi connectivity index (χ3n) is 3.78. The monoisotopic (exact) mass is 480 g/mol. The van der Waals surface area contributed by atoms with Crippen LogP contribution in [0.25, 0.3) is 0 Å². The third kappa shape index (κ3) is 2.09. The molecule has 0 spiro atoms. The Kier molecular flexibility index (Phi) is 5.99. The molecule has 0 amide bonds. The Labute approximate surface area is 168 Å². The molecule has 1 saturated carbocycles. The first-order valence-corrected chi connectivity index (χ1v) is 9.29. The first-order valence-electron chi connectivity index (χ1n) is 5.51. The van der Waals surface area contributed by atoms with Crippen LogP contribution in [0.1, 0.15) is 26.7 Å². The van der Waals surface area contributed by atoms with E-state index >= 15 is 0 Å². The second-order valence-corrected chi connectivity index (χ2v) is 11.2. The van der Waals surface area contributed by atoms with Gasteiger partial charge >= 0.3 is 0 Å². The second-order valence-electron chi connectivity index (χ2n) is 4.61. The lowest BCUT2D eigenvalue weighted by atomic mass is 9.72. The van der Waals surface area contributed by atoms with Gasteiger partial charge in [-0.1, -0.05) is 107 Å². The number of hydrogen-bond acceptors (Lipinski definition) is 0. The van der Waals surface area contributed by atoms with Gasteiger partial charge in [0, 0.05) is 0 Å². The van der Waals surface area contributed by atoms with E-state index in [1.165, 1.54) is 0 Å². The lowest BCUT2D eigenvalue weighted by Crippen LogP contribution is -2.81.